The number of rotatable bonds is 2. The van der Waals surface area contributed by atoms with E-state index in [9.17, 15) is 18.0 Å². The Bertz CT molecular complexity index is 904. The van der Waals surface area contributed by atoms with Crippen molar-refractivity contribution in [1.29, 1.82) is 0 Å². The number of halogens is 3. The van der Waals surface area contributed by atoms with E-state index in [1.54, 1.807) is 0 Å². The summed E-state index contributed by atoms with van der Waals surface area (Å²) in [5, 5.41) is 9.74. The maximum atomic E-state index is 12.9. The Morgan fingerprint density at radius 1 is 0.964 bits per heavy atom. The molecule has 0 spiro atoms. The fraction of sp³-hybridized carbons (Fsp3) is 0.526. The van der Waals surface area contributed by atoms with E-state index >= 15 is 0 Å². The van der Waals surface area contributed by atoms with Gasteiger partial charge in [0.2, 0.25) is 5.82 Å². The molecule has 1 aromatic carbocycles. The molecule has 0 atom stereocenters. The summed E-state index contributed by atoms with van der Waals surface area (Å²) in [6.07, 6.45) is -4.55. The minimum atomic E-state index is -4.55. The minimum absolute atomic E-state index is 0.00116. The molecule has 0 radical (unpaired) electrons. The van der Waals surface area contributed by atoms with E-state index in [1.807, 2.05) is 13.8 Å². The number of nitrogens with zero attached hydrogens (tertiary/aromatic N) is 4. The minimum Gasteiger partial charge on any atom is -0.334 e. The number of amides is 2. The van der Waals surface area contributed by atoms with E-state index in [2.05, 4.69) is 36.3 Å². The normalized spacial score (nSPS) is 14.2. The number of carbonyl (C=O) groups excluding carboxylic acids is 1. The number of urea groups is 1. The van der Waals surface area contributed by atoms with Crippen LogP contribution in [0.15, 0.2) is 0 Å². The lowest BCUT2D eigenvalue weighted by atomic mass is 9.89. The Kier molecular flexibility index (Phi) is 5.12. The summed E-state index contributed by atoms with van der Waals surface area (Å²) in [6, 6.07) is -0.322. The van der Waals surface area contributed by atoms with Crippen molar-refractivity contribution in [3.8, 4) is 0 Å². The van der Waals surface area contributed by atoms with Crippen LogP contribution in [-0.4, -0.2) is 32.2 Å². The molecule has 1 aliphatic heterocycles. The van der Waals surface area contributed by atoms with E-state index in [1.165, 1.54) is 21.6 Å². The van der Waals surface area contributed by atoms with Crippen LogP contribution >= 0.6 is 0 Å². The fourth-order valence-electron chi connectivity index (χ4n) is 3.66. The van der Waals surface area contributed by atoms with Gasteiger partial charge >= 0.3 is 12.2 Å². The Labute approximate surface area is 161 Å². The van der Waals surface area contributed by atoms with Crippen LogP contribution in [0.25, 0.3) is 0 Å². The molecule has 1 aliphatic rings. The standard InChI is InChI=1S/C19H24F3N5O/c1-10-11(2)13(4)15(14(5)12(10)3)8-23-18(28)26-6-7-27-16(9-26)24-25-17(27)19(20,21)22/h6-9H2,1-5H3,(H,23,28). The summed E-state index contributed by atoms with van der Waals surface area (Å²) in [6.45, 7) is 10.9. The largest absolute Gasteiger partial charge is 0.451 e. The molecule has 3 rings (SSSR count). The summed E-state index contributed by atoms with van der Waals surface area (Å²) in [7, 11) is 0. The van der Waals surface area contributed by atoms with Gasteiger partial charge in [-0.05, 0) is 68.0 Å². The van der Waals surface area contributed by atoms with Crippen LogP contribution in [0.1, 0.15) is 45.0 Å². The maximum absolute atomic E-state index is 12.9. The zero-order valence-electron chi connectivity index (χ0n) is 16.7. The number of fused-ring (bicyclic) bond motifs is 1. The van der Waals surface area contributed by atoms with Crippen molar-refractivity contribution in [2.45, 2.75) is 60.4 Å². The van der Waals surface area contributed by atoms with E-state index in [0.29, 0.717) is 6.54 Å². The predicted octanol–water partition coefficient (Wildman–Crippen LogP) is 3.56. The third-order valence-electron chi connectivity index (χ3n) is 5.87. The highest BCUT2D eigenvalue weighted by Crippen LogP contribution is 2.29. The smallest absolute Gasteiger partial charge is 0.334 e. The van der Waals surface area contributed by atoms with Crippen LogP contribution in [-0.2, 0) is 25.8 Å². The summed E-state index contributed by atoms with van der Waals surface area (Å²) >= 11 is 0. The van der Waals surface area contributed by atoms with Gasteiger partial charge in [0.15, 0.2) is 5.82 Å². The quantitative estimate of drug-likeness (QED) is 0.846. The number of hydrogen-bond acceptors (Lipinski definition) is 3. The molecule has 9 heteroatoms. The van der Waals surface area contributed by atoms with E-state index in [0.717, 1.165) is 21.3 Å². The lowest BCUT2D eigenvalue weighted by molar-refractivity contribution is -0.147. The first-order valence-corrected chi connectivity index (χ1v) is 9.10. The second-order valence-electron chi connectivity index (χ2n) is 7.27. The Hall–Kier alpha value is -2.58. The van der Waals surface area contributed by atoms with Gasteiger partial charge in [-0.2, -0.15) is 13.2 Å². The fourth-order valence-corrected chi connectivity index (χ4v) is 3.66. The van der Waals surface area contributed by atoms with Crippen molar-refractivity contribution in [3.63, 3.8) is 0 Å². The highest BCUT2D eigenvalue weighted by molar-refractivity contribution is 5.74. The number of carbonyl (C=O) groups is 1. The molecule has 28 heavy (non-hydrogen) atoms. The first-order valence-electron chi connectivity index (χ1n) is 9.10. The lowest BCUT2D eigenvalue weighted by Gasteiger charge is -2.28. The monoisotopic (exact) mass is 395 g/mol. The van der Waals surface area contributed by atoms with Gasteiger partial charge in [0.1, 0.15) is 0 Å². The third kappa shape index (κ3) is 3.45. The van der Waals surface area contributed by atoms with Crippen LogP contribution in [0, 0.1) is 34.6 Å². The third-order valence-corrected chi connectivity index (χ3v) is 5.87. The summed E-state index contributed by atoms with van der Waals surface area (Å²) in [5.41, 5.74) is 7.04. The summed E-state index contributed by atoms with van der Waals surface area (Å²) in [5.74, 6) is -0.873. The molecule has 0 aliphatic carbocycles. The van der Waals surface area contributed by atoms with E-state index < -0.39 is 12.0 Å². The Morgan fingerprint density at radius 3 is 2.11 bits per heavy atom. The maximum Gasteiger partial charge on any atom is 0.451 e. The number of alkyl halides is 3. The Balaban J connectivity index is 1.72. The molecule has 2 heterocycles. The second kappa shape index (κ2) is 7.10. The van der Waals surface area contributed by atoms with Gasteiger partial charge in [0, 0.05) is 19.6 Å². The number of aromatic nitrogens is 3. The van der Waals surface area contributed by atoms with Crippen LogP contribution in [0.2, 0.25) is 0 Å². The topological polar surface area (TPSA) is 63.1 Å². The molecule has 0 unspecified atom stereocenters. The number of benzene rings is 1. The summed E-state index contributed by atoms with van der Waals surface area (Å²) < 4.78 is 39.8. The molecule has 2 aromatic rings. The van der Waals surface area contributed by atoms with Gasteiger partial charge in [-0.25, -0.2) is 4.79 Å². The zero-order chi connectivity index (χ0) is 20.8. The molecule has 2 amide bonds. The average Bonchev–Trinajstić information content (AvgIpc) is 3.08. The SMILES string of the molecule is Cc1c(C)c(C)c(CNC(=O)N2CCn3c(nnc3C(F)(F)F)C2)c(C)c1C. The predicted molar refractivity (Wildman–Crippen MR) is 97.8 cm³/mol. The first-order chi connectivity index (χ1) is 13.0. The number of nitrogens with one attached hydrogen (secondary N) is 1. The molecular weight excluding hydrogens is 371 g/mol. The van der Waals surface area contributed by atoms with E-state index in [4.69, 9.17) is 0 Å². The van der Waals surface area contributed by atoms with Crippen LogP contribution in [0.4, 0.5) is 18.0 Å². The van der Waals surface area contributed by atoms with Gasteiger partial charge in [-0.1, -0.05) is 0 Å². The highest BCUT2D eigenvalue weighted by atomic mass is 19.4. The van der Waals surface area contributed by atoms with E-state index in [-0.39, 0.29) is 31.5 Å². The van der Waals surface area contributed by atoms with Crippen molar-refractivity contribution in [2.24, 2.45) is 0 Å². The summed E-state index contributed by atoms with van der Waals surface area (Å²) in [4.78, 5) is 14.0. The molecule has 1 aromatic heterocycles. The molecule has 152 valence electrons. The highest BCUT2D eigenvalue weighted by Gasteiger charge is 2.39. The van der Waals surface area contributed by atoms with Crippen molar-refractivity contribution in [3.05, 3.63) is 45.0 Å². The number of hydrogen-bond donors (Lipinski definition) is 1. The lowest BCUT2D eigenvalue weighted by Crippen LogP contribution is -2.44. The van der Waals surface area contributed by atoms with Crippen molar-refractivity contribution in [1.82, 2.24) is 25.0 Å². The second-order valence-corrected chi connectivity index (χ2v) is 7.27. The molecule has 6 nitrogen and oxygen atoms in total. The molecular formula is C19H24F3N5O. The van der Waals surface area contributed by atoms with Gasteiger partial charge in [0.25, 0.3) is 0 Å². The first kappa shape index (κ1) is 20.2. The molecule has 1 N–H and O–H groups in total. The van der Waals surface area contributed by atoms with Crippen molar-refractivity contribution in [2.75, 3.05) is 6.54 Å². The van der Waals surface area contributed by atoms with Gasteiger partial charge in [0.05, 0.1) is 6.54 Å². The average molecular weight is 395 g/mol. The van der Waals surface area contributed by atoms with Crippen LogP contribution in [0.5, 0.6) is 0 Å². The molecule has 0 saturated heterocycles. The molecule has 0 saturated carbocycles. The zero-order valence-corrected chi connectivity index (χ0v) is 16.7. The van der Waals surface area contributed by atoms with Crippen molar-refractivity contribution < 1.29 is 18.0 Å². The van der Waals surface area contributed by atoms with Crippen LogP contribution < -0.4 is 5.32 Å². The van der Waals surface area contributed by atoms with Crippen molar-refractivity contribution >= 4 is 6.03 Å². The molecule has 0 fully saturated rings. The van der Waals surface area contributed by atoms with Gasteiger partial charge in [-0.3, -0.25) is 0 Å². The Morgan fingerprint density at radius 2 is 1.54 bits per heavy atom. The van der Waals surface area contributed by atoms with Gasteiger partial charge < -0.3 is 14.8 Å². The van der Waals surface area contributed by atoms with Crippen LogP contribution in [0.3, 0.4) is 0 Å². The molecule has 0 bridgehead atoms. The van der Waals surface area contributed by atoms with Gasteiger partial charge in [-0.15, -0.1) is 10.2 Å².